The second kappa shape index (κ2) is 15.9. The van der Waals surface area contributed by atoms with Crippen molar-refractivity contribution in [3.05, 3.63) is 121 Å². The molecule has 4 rings (SSSR count). The Balaban J connectivity index is 1.99. The molecular formula is C41H43FO11S. The van der Waals surface area contributed by atoms with E-state index in [4.69, 9.17) is 18.9 Å². The van der Waals surface area contributed by atoms with Crippen molar-refractivity contribution in [2.75, 3.05) is 12.4 Å². The second-order valence-corrected chi connectivity index (χ2v) is 15.4. The molecule has 0 heterocycles. The van der Waals surface area contributed by atoms with Crippen LogP contribution in [0.4, 0.5) is 4.39 Å². The predicted octanol–water partition coefficient (Wildman–Crippen LogP) is 7.89. The van der Waals surface area contributed by atoms with E-state index in [0.29, 0.717) is 33.4 Å². The molecule has 0 saturated carbocycles. The molecule has 13 heteroatoms. The number of carbonyl (C=O) groups excluding carboxylic acids is 4. The SMILES string of the molecule is Cc1cc(C)c(OC(=O)c2cc(C(=O)Oc3c(C)cc(C)cc3C)c(C(=O)OC(C)(CF)CS(=O)(=O)O)cc2C(=O)Oc2c(C)cc(C)cc2C)c(C)c1. The van der Waals surface area contributed by atoms with E-state index in [1.54, 1.807) is 77.9 Å². The molecule has 4 aromatic rings. The first kappa shape index (κ1) is 41.4. The fourth-order valence-corrected chi connectivity index (χ4v) is 7.37. The number of halogens is 1. The van der Waals surface area contributed by atoms with Gasteiger partial charge in [-0.05, 0) is 115 Å². The van der Waals surface area contributed by atoms with Crippen LogP contribution in [-0.4, -0.2) is 54.9 Å². The summed E-state index contributed by atoms with van der Waals surface area (Å²) in [6, 6.07) is 12.4. The lowest BCUT2D eigenvalue weighted by Crippen LogP contribution is -2.41. The van der Waals surface area contributed by atoms with Gasteiger partial charge in [-0.3, -0.25) is 4.55 Å². The first-order valence-corrected chi connectivity index (χ1v) is 18.5. The number of hydrogen-bond donors (Lipinski definition) is 1. The molecule has 1 atom stereocenters. The monoisotopic (exact) mass is 762 g/mol. The van der Waals surface area contributed by atoms with Crippen LogP contribution in [0.25, 0.3) is 0 Å². The normalized spacial score (nSPS) is 12.4. The van der Waals surface area contributed by atoms with E-state index in [0.717, 1.165) is 35.7 Å². The quantitative estimate of drug-likeness (QED) is 0.0899. The third kappa shape index (κ3) is 9.57. The fourth-order valence-electron chi connectivity index (χ4n) is 6.46. The van der Waals surface area contributed by atoms with E-state index in [-0.39, 0.29) is 17.2 Å². The molecule has 0 bridgehead atoms. The Hall–Kier alpha value is -5.40. The number of hydrogen-bond acceptors (Lipinski definition) is 10. The van der Waals surface area contributed by atoms with Crippen LogP contribution < -0.4 is 14.2 Å². The van der Waals surface area contributed by atoms with Gasteiger partial charge in [-0.25, -0.2) is 23.6 Å². The minimum absolute atomic E-state index is 0.147. The number of esters is 4. The maximum Gasteiger partial charge on any atom is 0.344 e. The van der Waals surface area contributed by atoms with Crippen LogP contribution in [0.1, 0.15) is 98.4 Å². The summed E-state index contributed by atoms with van der Waals surface area (Å²) >= 11 is 0. The number of aryl methyl sites for hydroxylation is 9. The average Bonchev–Trinajstić information content (AvgIpc) is 3.04. The zero-order valence-electron chi connectivity index (χ0n) is 31.8. The van der Waals surface area contributed by atoms with Gasteiger partial charge in [0.2, 0.25) is 0 Å². The lowest BCUT2D eigenvalue weighted by atomic mass is 9.97. The van der Waals surface area contributed by atoms with Gasteiger partial charge in [-0.2, -0.15) is 8.42 Å². The van der Waals surface area contributed by atoms with Crippen LogP contribution in [0.5, 0.6) is 17.2 Å². The van der Waals surface area contributed by atoms with Crippen LogP contribution in [0.15, 0.2) is 48.5 Å². The molecular weight excluding hydrogens is 720 g/mol. The summed E-state index contributed by atoms with van der Waals surface area (Å²) in [7, 11) is -4.87. The van der Waals surface area contributed by atoms with Crippen molar-refractivity contribution in [1.82, 2.24) is 0 Å². The first-order valence-electron chi connectivity index (χ1n) is 16.8. The summed E-state index contributed by atoms with van der Waals surface area (Å²) in [6.45, 7) is 15.2. The highest BCUT2D eigenvalue weighted by molar-refractivity contribution is 7.85. The van der Waals surface area contributed by atoms with Crippen LogP contribution in [0.2, 0.25) is 0 Å². The van der Waals surface area contributed by atoms with Crippen molar-refractivity contribution in [2.24, 2.45) is 0 Å². The van der Waals surface area contributed by atoms with E-state index >= 15 is 0 Å². The van der Waals surface area contributed by atoms with Crippen molar-refractivity contribution in [3.63, 3.8) is 0 Å². The molecule has 0 fully saturated rings. The van der Waals surface area contributed by atoms with Crippen molar-refractivity contribution in [1.29, 1.82) is 0 Å². The Kier molecular flexibility index (Phi) is 12.2. The summed E-state index contributed by atoms with van der Waals surface area (Å²) in [5.41, 5.74) is 1.44. The second-order valence-electron chi connectivity index (χ2n) is 14.0. The lowest BCUT2D eigenvalue weighted by molar-refractivity contribution is -0.0104. The first-order chi connectivity index (χ1) is 25.0. The Labute approximate surface area is 314 Å². The molecule has 0 aromatic heterocycles. The number of benzene rings is 4. The topological polar surface area (TPSA) is 160 Å². The maximum atomic E-state index is 14.3. The fraction of sp³-hybridized carbons (Fsp3) is 0.317. The molecule has 1 N–H and O–H groups in total. The molecule has 1 unspecified atom stereocenters. The van der Waals surface area contributed by atoms with Crippen molar-refractivity contribution in [2.45, 2.75) is 74.8 Å². The Bertz CT molecular complexity index is 2240. The molecule has 0 radical (unpaired) electrons. The summed E-state index contributed by atoms with van der Waals surface area (Å²) in [4.78, 5) is 56.1. The maximum absolute atomic E-state index is 14.3. The zero-order chi connectivity index (χ0) is 40.4. The summed E-state index contributed by atoms with van der Waals surface area (Å²) in [5.74, 6) is -5.67. The van der Waals surface area contributed by atoms with Crippen molar-refractivity contribution >= 4 is 34.0 Å². The van der Waals surface area contributed by atoms with Crippen LogP contribution in [-0.2, 0) is 14.9 Å². The van der Waals surface area contributed by atoms with E-state index in [1.807, 2.05) is 20.8 Å². The molecule has 54 heavy (non-hydrogen) atoms. The molecule has 0 aliphatic heterocycles. The molecule has 0 aliphatic rings. The van der Waals surface area contributed by atoms with Gasteiger partial charge >= 0.3 is 23.9 Å². The third-order valence-electron chi connectivity index (χ3n) is 8.55. The van der Waals surface area contributed by atoms with Gasteiger partial charge in [0.25, 0.3) is 10.1 Å². The Morgan fingerprint density at radius 1 is 0.537 bits per heavy atom. The third-order valence-corrected chi connectivity index (χ3v) is 9.52. The van der Waals surface area contributed by atoms with Gasteiger partial charge in [-0.15, -0.1) is 0 Å². The molecule has 11 nitrogen and oxygen atoms in total. The highest BCUT2D eigenvalue weighted by Gasteiger charge is 2.37. The van der Waals surface area contributed by atoms with Gasteiger partial charge in [0.15, 0.2) is 5.60 Å². The van der Waals surface area contributed by atoms with Crippen LogP contribution in [0.3, 0.4) is 0 Å². The molecule has 0 saturated heterocycles. The summed E-state index contributed by atoms with van der Waals surface area (Å²) in [6.07, 6.45) is 0. The van der Waals surface area contributed by atoms with Gasteiger partial charge in [0.05, 0.1) is 22.3 Å². The predicted molar refractivity (Wildman–Crippen MR) is 199 cm³/mol. The molecule has 0 spiro atoms. The van der Waals surface area contributed by atoms with Gasteiger partial charge in [-0.1, -0.05) is 53.1 Å². The van der Waals surface area contributed by atoms with E-state index in [2.05, 4.69) is 0 Å². The smallest absolute Gasteiger partial charge is 0.344 e. The minimum atomic E-state index is -4.87. The van der Waals surface area contributed by atoms with Gasteiger partial charge in [0.1, 0.15) is 29.7 Å². The van der Waals surface area contributed by atoms with Crippen LogP contribution in [0, 0.1) is 62.3 Å². The van der Waals surface area contributed by atoms with Gasteiger partial charge in [0, 0.05) is 0 Å². The molecule has 0 amide bonds. The summed E-state index contributed by atoms with van der Waals surface area (Å²) in [5, 5.41) is 0. The number of alkyl halides is 1. The van der Waals surface area contributed by atoms with Crippen molar-refractivity contribution < 1.29 is 55.5 Å². The molecule has 4 aromatic carbocycles. The Morgan fingerprint density at radius 2 is 0.796 bits per heavy atom. The summed E-state index contributed by atoms with van der Waals surface area (Å²) < 4.78 is 69.8. The molecule has 286 valence electrons. The largest absolute Gasteiger partial charge is 0.452 e. The number of ether oxygens (including phenoxy) is 4. The van der Waals surface area contributed by atoms with E-state index < -0.39 is 74.3 Å². The average molecular weight is 763 g/mol. The lowest BCUT2D eigenvalue weighted by Gasteiger charge is -2.26. The number of rotatable bonds is 11. The van der Waals surface area contributed by atoms with Gasteiger partial charge < -0.3 is 18.9 Å². The zero-order valence-corrected chi connectivity index (χ0v) is 32.7. The highest BCUT2D eigenvalue weighted by Crippen LogP contribution is 2.32. The Morgan fingerprint density at radius 3 is 1.04 bits per heavy atom. The highest BCUT2D eigenvalue weighted by atomic mass is 32.2. The van der Waals surface area contributed by atoms with E-state index in [1.165, 1.54) is 0 Å². The molecule has 0 aliphatic carbocycles. The number of carbonyl (C=O) groups is 4. The van der Waals surface area contributed by atoms with E-state index in [9.17, 15) is 36.5 Å². The van der Waals surface area contributed by atoms with Crippen LogP contribution >= 0.6 is 0 Å². The minimum Gasteiger partial charge on any atom is -0.452 e. The standard InChI is InChI=1S/C41H43FO11S/c1-21-11-24(4)34(25(5)12-21)50-37(43)30-17-32(39(45)52-36-28(8)15-23(3)16-29(36)9)33(40(46)53-41(10,19-42)20-54(47,48)49)18-31(30)38(44)51-35-26(6)13-22(2)14-27(35)7/h11-18H,19-20H2,1-10H3,(H,47,48,49). The van der Waals surface area contributed by atoms with Crippen molar-refractivity contribution in [3.8, 4) is 17.2 Å².